The number of hydrogen-bond acceptors (Lipinski definition) is 4. The number of ether oxygens (including phenoxy) is 1. The summed E-state index contributed by atoms with van der Waals surface area (Å²) in [5.74, 6) is 1.44. The zero-order chi connectivity index (χ0) is 19.1. The van der Waals surface area contributed by atoms with Crippen molar-refractivity contribution in [3.8, 4) is 5.88 Å². The molecule has 1 aliphatic rings. The van der Waals surface area contributed by atoms with Crippen LogP contribution in [-0.4, -0.2) is 43.7 Å². The molecule has 2 aromatic rings. The van der Waals surface area contributed by atoms with Crippen molar-refractivity contribution in [2.75, 3.05) is 31.6 Å². The predicted octanol–water partition coefficient (Wildman–Crippen LogP) is 3.08. The maximum atomic E-state index is 6.12. The van der Waals surface area contributed by atoms with Crippen molar-refractivity contribution in [3.05, 3.63) is 53.2 Å². The Bertz CT molecular complexity index is 765. The second-order valence-electron chi connectivity index (χ2n) is 6.46. The number of nitrogens with zero attached hydrogens (tertiary/aromatic N) is 3. The first-order chi connectivity index (χ1) is 13.2. The molecule has 1 atom stereocenters. The van der Waals surface area contributed by atoms with Gasteiger partial charge in [0, 0.05) is 48.6 Å². The van der Waals surface area contributed by atoms with Gasteiger partial charge in [0.1, 0.15) is 0 Å². The van der Waals surface area contributed by atoms with Gasteiger partial charge in [-0.05, 0) is 37.1 Å². The van der Waals surface area contributed by atoms with Crippen LogP contribution in [0.3, 0.4) is 0 Å². The molecule has 0 radical (unpaired) electrons. The van der Waals surface area contributed by atoms with Gasteiger partial charge in [0.25, 0.3) is 0 Å². The molecular formula is C20H26ClN5O. The summed E-state index contributed by atoms with van der Waals surface area (Å²) in [6, 6.07) is 12.2. The summed E-state index contributed by atoms with van der Waals surface area (Å²) in [5.41, 5.74) is 2.21. The number of aromatic nitrogens is 1. The Balaban J connectivity index is 1.58. The Morgan fingerprint density at radius 3 is 2.96 bits per heavy atom. The molecule has 1 saturated heterocycles. The van der Waals surface area contributed by atoms with E-state index in [1.165, 1.54) is 0 Å². The van der Waals surface area contributed by atoms with Gasteiger partial charge in [0.2, 0.25) is 5.88 Å². The molecule has 144 valence electrons. The maximum Gasteiger partial charge on any atom is 0.212 e. The number of hydrogen-bond donors (Lipinski definition) is 2. The molecule has 1 aromatic heterocycles. The molecular weight excluding hydrogens is 362 g/mol. The Kier molecular flexibility index (Phi) is 6.76. The first kappa shape index (κ1) is 19.3. The van der Waals surface area contributed by atoms with Gasteiger partial charge >= 0.3 is 0 Å². The molecule has 0 aliphatic carbocycles. The van der Waals surface area contributed by atoms with E-state index in [2.05, 4.69) is 38.5 Å². The minimum atomic E-state index is 0.343. The molecule has 6 nitrogen and oxygen atoms in total. The van der Waals surface area contributed by atoms with Crippen molar-refractivity contribution in [1.29, 1.82) is 0 Å². The normalized spacial score (nSPS) is 17.1. The second kappa shape index (κ2) is 9.46. The lowest BCUT2D eigenvalue weighted by Crippen LogP contribution is -2.44. The number of halogens is 1. The fourth-order valence-electron chi connectivity index (χ4n) is 3.09. The van der Waals surface area contributed by atoms with Crippen LogP contribution in [0.4, 0.5) is 5.69 Å². The molecule has 0 amide bonds. The minimum absolute atomic E-state index is 0.343. The first-order valence-corrected chi connectivity index (χ1v) is 9.60. The highest BCUT2D eigenvalue weighted by atomic mass is 35.5. The Labute approximate surface area is 165 Å². The van der Waals surface area contributed by atoms with E-state index < -0.39 is 0 Å². The Hall–Kier alpha value is -2.47. The lowest BCUT2D eigenvalue weighted by Gasteiger charge is -2.20. The lowest BCUT2D eigenvalue weighted by molar-refractivity contribution is 0.397. The standard InChI is InChI=1S/C20H26ClN5O/c1-3-22-20(24-13-15-7-8-19(27-2)23-12-15)25-17-9-10-26(14-17)18-6-4-5-16(21)11-18/h4-8,11-12,17H,3,9-10,13-14H2,1-2H3,(H2,22,24,25). The van der Waals surface area contributed by atoms with Crippen molar-refractivity contribution in [3.63, 3.8) is 0 Å². The van der Waals surface area contributed by atoms with Crippen molar-refractivity contribution < 1.29 is 4.74 Å². The van der Waals surface area contributed by atoms with Crippen LogP contribution in [0, 0.1) is 0 Å². The van der Waals surface area contributed by atoms with Crippen LogP contribution in [0.15, 0.2) is 47.6 Å². The van der Waals surface area contributed by atoms with Gasteiger partial charge in [0.15, 0.2) is 5.96 Å². The molecule has 1 aromatic carbocycles. The molecule has 0 saturated carbocycles. The monoisotopic (exact) mass is 387 g/mol. The van der Waals surface area contributed by atoms with Crippen molar-refractivity contribution >= 4 is 23.2 Å². The number of methoxy groups -OCH3 is 1. The number of aliphatic imine (C=N–C) groups is 1. The average Bonchev–Trinajstić information content (AvgIpc) is 3.15. The molecule has 2 heterocycles. The summed E-state index contributed by atoms with van der Waals surface area (Å²) in [7, 11) is 1.61. The van der Waals surface area contributed by atoms with Crippen molar-refractivity contribution in [1.82, 2.24) is 15.6 Å². The molecule has 7 heteroatoms. The second-order valence-corrected chi connectivity index (χ2v) is 6.90. The Morgan fingerprint density at radius 1 is 1.37 bits per heavy atom. The van der Waals surface area contributed by atoms with Gasteiger partial charge in [-0.25, -0.2) is 9.98 Å². The van der Waals surface area contributed by atoms with Gasteiger partial charge in [-0.1, -0.05) is 23.7 Å². The van der Waals surface area contributed by atoms with Crippen LogP contribution in [0.25, 0.3) is 0 Å². The van der Waals surface area contributed by atoms with Gasteiger partial charge in [-0.2, -0.15) is 0 Å². The summed E-state index contributed by atoms with van der Waals surface area (Å²) in [6.07, 6.45) is 2.85. The van der Waals surface area contributed by atoms with Crippen LogP contribution in [-0.2, 0) is 6.54 Å². The van der Waals surface area contributed by atoms with Gasteiger partial charge in [0.05, 0.1) is 13.7 Å². The predicted molar refractivity (Wildman–Crippen MR) is 111 cm³/mol. The summed E-state index contributed by atoms with van der Waals surface area (Å²) >= 11 is 6.12. The smallest absolute Gasteiger partial charge is 0.212 e. The molecule has 27 heavy (non-hydrogen) atoms. The molecule has 0 spiro atoms. The molecule has 1 fully saturated rings. The van der Waals surface area contributed by atoms with Crippen molar-refractivity contribution in [2.24, 2.45) is 4.99 Å². The van der Waals surface area contributed by atoms with E-state index in [-0.39, 0.29) is 0 Å². The topological polar surface area (TPSA) is 61.8 Å². The van der Waals surface area contributed by atoms with E-state index in [4.69, 9.17) is 16.3 Å². The van der Waals surface area contributed by atoms with Crippen molar-refractivity contribution in [2.45, 2.75) is 25.9 Å². The Morgan fingerprint density at radius 2 is 2.26 bits per heavy atom. The number of guanidine groups is 1. The number of nitrogens with one attached hydrogen (secondary N) is 2. The maximum absolute atomic E-state index is 6.12. The zero-order valence-corrected chi connectivity index (χ0v) is 16.5. The van der Waals surface area contributed by atoms with Crippen LogP contribution < -0.4 is 20.3 Å². The molecule has 1 aliphatic heterocycles. The van der Waals surface area contributed by atoms with Crippen LogP contribution >= 0.6 is 11.6 Å². The molecule has 2 N–H and O–H groups in total. The van der Waals surface area contributed by atoms with Gasteiger partial charge in [-0.3, -0.25) is 0 Å². The van der Waals surface area contributed by atoms with E-state index in [9.17, 15) is 0 Å². The quantitative estimate of drug-likeness (QED) is 0.589. The van der Waals surface area contributed by atoms with E-state index >= 15 is 0 Å². The molecule has 0 bridgehead atoms. The largest absolute Gasteiger partial charge is 0.481 e. The molecule has 1 unspecified atom stereocenters. The van der Waals surface area contributed by atoms with Gasteiger partial charge in [-0.15, -0.1) is 0 Å². The third kappa shape index (κ3) is 5.50. The van der Waals surface area contributed by atoms with E-state index in [1.54, 1.807) is 13.3 Å². The fourth-order valence-corrected chi connectivity index (χ4v) is 3.28. The third-order valence-corrected chi connectivity index (χ3v) is 4.71. The molecule has 3 rings (SSSR count). The van der Waals surface area contributed by atoms with E-state index in [0.29, 0.717) is 18.5 Å². The summed E-state index contributed by atoms with van der Waals surface area (Å²) in [5, 5.41) is 7.63. The highest BCUT2D eigenvalue weighted by Crippen LogP contribution is 2.23. The minimum Gasteiger partial charge on any atom is -0.481 e. The highest BCUT2D eigenvalue weighted by Gasteiger charge is 2.23. The van der Waals surface area contributed by atoms with Gasteiger partial charge < -0.3 is 20.3 Å². The van der Waals surface area contributed by atoms with Crippen LogP contribution in [0.2, 0.25) is 5.02 Å². The van der Waals surface area contributed by atoms with Crippen LogP contribution in [0.1, 0.15) is 18.9 Å². The SMILES string of the molecule is CCNC(=NCc1ccc(OC)nc1)NC1CCN(c2cccc(Cl)c2)C1. The summed E-state index contributed by atoms with van der Waals surface area (Å²) in [6.45, 7) is 5.38. The lowest BCUT2D eigenvalue weighted by atomic mass is 10.2. The number of anilines is 1. The number of pyridine rings is 1. The van der Waals surface area contributed by atoms with Crippen LogP contribution in [0.5, 0.6) is 5.88 Å². The highest BCUT2D eigenvalue weighted by molar-refractivity contribution is 6.30. The summed E-state index contributed by atoms with van der Waals surface area (Å²) in [4.78, 5) is 11.3. The summed E-state index contributed by atoms with van der Waals surface area (Å²) < 4.78 is 5.09. The first-order valence-electron chi connectivity index (χ1n) is 9.22. The van der Waals surface area contributed by atoms with E-state index in [1.807, 2.05) is 30.3 Å². The zero-order valence-electron chi connectivity index (χ0n) is 15.8. The number of benzene rings is 1. The third-order valence-electron chi connectivity index (χ3n) is 4.47. The fraction of sp³-hybridized carbons (Fsp3) is 0.400. The average molecular weight is 388 g/mol. The number of rotatable bonds is 6. The van der Waals surface area contributed by atoms with E-state index in [0.717, 1.165) is 48.3 Å².